The van der Waals surface area contributed by atoms with Gasteiger partial charge in [-0.2, -0.15) is 0 Å². The number of amides is 1. The lowest BCUT2D eigenvalue weighted by molar-refractivity contribution is 0.0713. The van der Waals surface area contributed by atoms with Gasteiger partial charge in [-0.15, -0.1) is 0 Å². The minimum atomic E-state index is -9.91. The number of nitrogens with two attached hydrogens (primary N) is 1. The predicted molar refractivity (Wildman–Crippen MR) is 130 cm³/mol. The van der Waals surface area contributed by atoms with Crippen LogP contribution in [0.5, 0.6) is 0 Å². The van der Waals surface area contributed by atoms with Crippen molar-refractivity contribution in [3.63, 3.8) is 0 Å². The highest BCUT2D eigenvalue weighted by molar-refractivity contribution is 8.45. The molecule has 3 N–H and O–H groups in total. The van der Waals surface area contributed by atoms with Crippen molar-refractivity contribution in [3.05, 3.63) is 47.2 Å². The van der Waals surface area contributed by atoms with Crippen LogP contribution in [0.15, 0.2) is 29.3 Å². The first-order valence-electron chi connectivity index (χ1n) is 12.2. The van der Waals surface area contributed by atoms with Crippen molar-refractivity contribution in [2.45, 2.75) is 61.7 Å². The molecule has 37 heavy (non-hydrogen) atoms. The fourth-order valence-corrected chi connectivity index (χ4v) is 6.13. The third-order valence-corrected chi connectivity index (χ3v) is 8.56. The van der Waals surface area contributed by atoms with E-state index in [1.807, 2.05) is 0 Å². The first-order chi connectivity index (χ1) is 17.2. The number of H-pyrrole nitrogens is 1. The van der Waals surface area contributed by atoms with Crippen LogP contribution in [0.3, 0.4) is 0 Å². The summed E-state index contributed by atoms with van der Waals surface area (Å²) in [5.74, 6) is -0.262. The van der Waals surface area contributed by atoms with E-state index in [2.05, 4.69) is 15.0 Å². The highest BCUT2D eigenvalue weighted by Gasteiger charge is 2.65. The third kappa shape index (κ3) is 5.10. The smallest absolute Gasteiger partial charge is 0.310 e. The first kappa shape index (κ1) is 25.7. The van der Waals surface area contributed by atoms with Crippen molar-refractivity contribution < 1.29 is 28.6 Å². The zero-order valence-corrected chi connectivity index (χ0v) is 20.6. The maximum absolute atomic E-state index is 15.0. The molecule has 3 aromatic rings. The number of nitrogen functional groups attached to an aromatic ring is 1. The second-order valence-corrected chi connectivity index (χ2v) is 12.4. The lowest BCUT2D eigenvalue weighted by Gasteiger charge is -2.40. The Morgan fingerprint density at radius 1 is 1.00 bits per heavy atom. The molecule has 0 atom stereocenters. The van der Waals surface area contributed by atoms with E-state index in [0.29, 0.717) is 35.6 Å². The minimum Gasteiger partial charge on any atom is -0.398 e. The Hall–Kier alpha value is -2.96. The highest BCUT2D eigenvalue weighted by atomic mass is 32.5. The Morgan fingerprint density at radius 3 is 2.30 bits per heavy atom. The van der Waals surface area contributed by atoms with Gasteiger partial charge in [-0.05, 0) is 49.8 Å². The van der Waals surface area contributed by atoms with Gasteiger partial charge in [0.25, 0.3) is 5.91 Å². The van der Waals surface area contributed by atoms with Gasteiger partial charge in [-0.3, -0.25) is 4.79 Å². The zero-order chi connectivity index (χ0) is 26.7. The zero-order valence-electron chi connectivity index (χ0n) is 19.8. The van der Waals surface area contributed by atoms with Gasteiger partial charge in [-0.1, -0.05) is 38.7 Å². The summed E-state index contributed by atoms with van der Waals surface area (Å²) < 4.78 is 80.4. The number of pyridine rings is 1. The van der Waals surface area contributed by atoms with E-state index in [4.69, 9.17) is 5.73 Å². The number of piperidine rings is 1. The first-order valence-corrected chi connectivity index (χ1v) is 14.1. The SMILES string of the molecule is Nc1cc(S(F)(F)(F)(F)F)ccc1C(=O)N1CCC(c2c(F)cnc3nc(C4CCCCC4)[nH]c23)CC1. The Morgan fingerprint density at radius 2 is 1.68 bits per heavy atom. The number of nitrogens with one attached hydrogen (secondary N) is 1. The number of hydrogen-bond donors (Lipinski definition) is 2. The number of hydrogen-bond acceptors (Lipinski definition) is 4. The lowest BCUT2D eigenvalue weighted by Crippen LogP contribution is -2.38. The van der Waals surface area contributed by atoms with Crippen molar-refractivity contribution in [2.24, 2.45) is 0 Å². The molecular weight excluding hydrogens is 520 g/mol. The summed E-state index contributed by atoms with van der Waals surface area (Å²) in [6, 6.07) is 0.969. The van der Waals surface area contributed by atoms with Gasteiger partial charge in [0.2, 0.25) is 0 Å². The van der Waals surface area contributed by atoms with E-state index in [0.717, 1.165) is 37.7 Å². The molecule has 13 heteroatoms. The van der Waals surface area contributed by atoms with Crippen LogP contribution in [0.2, 0.25) is 0 Å². The number of nitrogens with zero attached hydrogens (tertiary/aromatic N) is 3. The van der Waals surface area contributed by atoms with E-state index < -0.39 is 32.5 Å². The van der Waals surface area contributed by atoms with Crippen LogP contribution in [0.4, 0.5) is 29.5 Å². The van der Waals surface area contributed by atoms with Crippen LogP contribution in [0.25, 0.3) is 11.2 Å². The Balaban J connectivity index is 1.33. The summed E-state index contributed by atoms with van der Waals surface area (Å²) in [4.78, 5) is 24.2. The molecule has 3 heterocycles. The highest BCUT2D eigenvalue weighted by Crippen LogP contribution is 3.02. The Bertz CT molecular complexity index is 1360. The van der Waals surface area contributed by atoms with Gasteiger partial charge in [0.15, 0.2) is 5.65 Å². The van der Waals surface area contributed by atoms with Gasteiger partial charge < -0.3 is 15.6 Å². The number of rotatable bonds is 4. The fraction of sp³-hybridized carbons (Fsp3) is 0.458. The van der Waals surface area contributed by atoms with Crippen LogP contribution in [-0.2, 0) is 0 Å². The van der Waals surface area contributed by atoms with E-state index in [9.17, 15) is 28.6 Å². The van der Waals surface area contributed by atoms with Gasteiger partial charge in [0, 0.05) is 30.3 Å². The van der Waals surface area contributed by atoms with E-state index in [-0.39, 0.29) is 42.6 Å². The van der Waals surface area contributed by atoms with Crippen LogP contribution >= 0.6 is 10.2 Å². The van der Waals surface area contributed by atoms with Crippen LogP contribution in [0.1, 0.15) is 78.5 Å². The van der Waals surface area contributed by atoms with Crippen molar-refractivity contribution in [1.82, 2.24) is 19.9 Å². The number of carbonyl (C=O) groups excluding carboxylic acids is 1. The number of anilines is 1. The van der Waals surface area contributed by atoms with Crippen molar-refractivity contribution >= 4 is 33.0 Å². The molecular formula is C24H27F6N5OS. The van der Waals surface area contributed by atoms with Crippen LogP contribution in [-0.4, -0.2) is 38.8 Å². The molecule has 1 aliphatic heterocycles. The molecule has 0 unspecified atom stereocenters. The second-order valence-electron chi connectivity index (χ2n) is 9.96. The number of halogens is 6. The number of carbonyl (C=O) groups is 1. The molecule has 0 radical (unpaired) electrons. The van der Waals surface area contributed by atoms with Crippen LogP contribution in [0, 0.1) is 5.82 Å². The molecule has 202 valence electrons. The molecule has 0 spiro atoms. The molecule has 1 aromatic carbocycles. The number of fused-ring (bicyclic) bond motifs is 1. The summed E-state index contributed by atoms with van der Waals surface area (Å²) in [7, 11) is -9.91. The summed E-state index contributed by atoms with van der Waals surface area (Å²) in [5.41, 5.74) is 6.09. The van der Waals surface area contributed by atoms with E-state index in [1.165, 1.54) is 11.3 Å². The molecule has 2 aliphatic rings. The quantitative estimate of drug-likeness (QED) is 0.263. The van der Waals surface area contributed by atoms with Gasteiger partial charge in [0.05, 0.1) is 17.3 Å². The third-order valence-electron chi connectivity index (χ3n) is 7.41. The predicted octanol–water partition coefficient (Wildman–Crippen LogP) is 7.40. The molecule has 6 nitrogen and oxygen atoms in total. The van der Waals surface area contributed by atoms with Gasteiger partial charge >= 0.3 is 10.2 Å². The molecule has 5 rings (SSSR count). The minimum absolute atomic E-state index is 0.104. The summed E-state index contributed by atoms with van der Waals surface area (Å²) in [6.07, 6.45) is 7.41. The van der Waals surface area contributed by atoms with Crippen molar-refractivity contribution in [3.8, 4) is 0 Å². The molecule has 1 saturated heterocycles. The van der Waals surface area contributed by atoms with Crippen molar-refractivity contribution in [1.29, 1.82) is 0 Å². The molecule has 2 fully saturated rings. The largest absolute Gasteiger partial charge is 0.398 e. The fourth-order valence-electron chi connectivity index (χ4n) is 5.46. The summed E-state index contributed by atoms with van der Waals surface area (Å²) in [5, 5.41) is 0. The average Bonchev–Trinajstić information content (AvgIpc) is 3.27. The maximum Gasteiger partial charge on any atom is 0.310 e. The molecule has 1 aliphatic carbocycles. The number of benzene rings is 1. The van der Waals surface area contributed by atoms with Gasteiger partial charge in [0.1, 0.15) is 16.5 Å². The standard InChI is InChI=1S/C24H27F6N5OS/c25-18-13-32-23-21(33-22(34-23)15-4-2-1-3-5-15)20(18)14-8-10-35(11-9-14)24(36)17-7-6-16(12-19(17)31)37(26,27,28,29)30/h6-7,12-15H,1-5,8-11,31H2,(H,32,33,34). The monoisotopic (exact) mass is 547 g/mol. The molecule has 0 bridgehead atoms. The summed E-state index contributed by atoms with van der Waals surface area (Å²) in [6.45, 7) is 0.387. The van der Waals surface area contributed by atoms with Gasteiger partial charge in [-0.25, -0.2) is 14.4 Å². The number of aromatic amines is 1. The van der Waals surface area contributed by atoms with Crippen LogP contribution < -0.4 is 5.73 Å². The van der Waals surface area contributed by atoms with Crippen molar-refractivity contribution in [2.75, 3.05) is 18.8 Å². The second kappa shape index (κ2) is 8.27. The maximum atomic E-state index is 15.0. The molecule has 2 aromatic heterocycles. The van der Waals surface area contributed by atoms with E-state index >= 15 is 0 Å². The number of imidazole rings is 1. The van der Waals surface area contributed by atoms with E-state index in [1.54, 1.807) is 0 Å². The normalized spacial score (nSPS) is 20.1. The topological polar surface area (TPSA) is 87.9 Å². The lowest BCUT2D eigenvalue weighted by atomic mass is 9.88. The number of aromatic nitrogens is 3. The number of likely N-dealkylation sites (tertiary alicyclic amines) is 1. The Labute approximate surface area is 209 Å². The summed E-state index contributed by atoms with van der Waals surface area (Å²) >= 11 is 0. The molecule has 1 amide bonds. The average molecular weight is 548 g/mol. The molecule has 1 saturated carbocycles. The Kier molecular flexibility index (Phi) is 5.74.